The second-order valence-electron chi connectivity index (χ2n) is 5.13. The molecule has 0 fully saturated rings. The van der Waals surface area contributed by atoms with Gasteiger partial charge in [0.25, 0.3) is 0 Å². The third kappa shape index (κ3) is 5.99. The van der Waals surface area contributed by atoms with Gasteiger partial charge in [0.05, 0.1) is 13.0 Å². The first-order chi connectivity index (χ1) is 10.4. The molecule has 0 bridgehead atoms. The van der Waals surface area contributed by atoms with E-state index in [4.69, 9.17) is 9.84 Å². The highest BCUT2D eigenvalue weighted by Gasteiger charge is 2.18. The lowest BCUT2D eigenvalue weighted by atomic mass is 10.1. The number of hydrogen-bond donors (Lipinski definition) is 2. The van der Waals surface area contributed by atoms with Crippen molar-refractivity contribution in [2.75, 3.05) is 6.61 Å². The largest absolute Gasteiger partial charge is 0.493 e. The summed E-state index contributed by atoms with van der Waals surface area (Å²) in [6, 6.07) is 4.92. The van der Waals surface area contributed by atoms with Crippen molar-refractivity contribution in [1.29, 1.82) is 0 Å². The van der Waals surface area contributed by atoms with Gasteiger partial charge >= 0.3 is 5.97 Å². The first kappa shape index (κ1) is 17.8. The average molecular weight is 305 g/mol. The van der Waals surface area contributed by atoms with Crippen LogP contribution in [0.15, 0.2) is 30.4 Å². The van der Waals surface area contributed by atoms with Gasteiger partial charge in [0, 0.05) is 0 Å². The summed E-state index contributed by atoms with van der Waals surface area (Å²) in [5, 5.41) is 11.5. The smallest absolute Gasteiger partial charge is 0.326 e. The standard InChI is InChI=1S/C17H23NO4/c1-4-5-6-14(17(20)21)18-16(19)9-10-22-15-8-7-12(2)11-13(15)3/h4-5,7-8,11,14H,6,9-10H2,1-3H3,(H,18,19)(H,20,21)/b5-4+. The highest BCUT2D eigenvalue weighted by atomic mass is 16.5. The summed E-state index contributed by atoms with van der Waals surface area (Å²) >= 11 is 0. The summed E-state index contributed by atoms with van der Waals surface area (Å²) in [5.41, 5.74) is 2.16. The zero-order valence-corrected chi connectivity index (χ0v) is 13.3. The minimum atomic E-state index is -1.04. The minimum absolute atomic E-state index is 0.118. The molecule has 2 N–H and O–H groups in total. The maximum absolute atomic E-state index is 11.8. The highest BCUT2D eigenvalue weighted by Crippen LogP contribution is 2.18. The van der Waals surface area contributed by atoms with Crippen LogP contribution in [0.5, 0.6) is 5.75 Å². The van der Waals surface area contributed by atoms with Gasteiger partial charge in [0.15, 0.2) is 0 Å². The predicted molar refractivity (Wildman–Crippen MR) is 85.0 cm³/mol. The van der Waals surface area contributed by atoms with Crippen LogP contribution >= 0.6 is 0 Å². The van der Waals surface area contributed by atoms with Crippen LogP contribution in [-0.4, -0.2) is 29.6 Å². The molecule has 1 aromatic rings. The molecule has 0 aliphatic carbocycles. The molecule has 0 heterocycles. The van der Waals surface area contributed by atoms with E-state index in [9.17, 15) is 9.59 Å². The summed E-state index contributed by atoms with van der Waals surface area (Å²) < 4.78 is 5.56. The van der Waals surface area contributed by atoms with Crippen molar-refractivity contribution in [3.63, 3.8) is 0 Å². The summed E-state index contributed by atoms with van der Waals surface area (Å²) in [4.78, 5) is 22.8. The molecule has 5 nitrogen and oxygen atoms in total. The number of rotatable bonds is 8. The van der Waals surface area contributed by atoms with E-state index in [0.717, 1.165) is 16.9 Å². The number of aryl methyl sites for hydroxylation is 2. The average Bonchev–Trinajstić information content (AvgIpc) is 2.45. The van der Waals surface area contributed by atoms with E-state index >= 15 is 0 Å². The van der Waals surface area contributed by atoms with Crippen molar-refractivity contribution < 1.29 is 19.4 Å². The molecule has 0 aromatic heterocycles. The number of carbonyl (C=O) groups excluding carboxylic acids is 1. The van der Waals surface area contributed by atoms with Gasteiger partial charge in [-0.15, -0.1) is 0 Å². The molecular weight excluding hydrogens is 282 g/mol. The molecule has 1 aromatic carbocycles. The number of carbonyl (C=O) groups is 2. The Hall–Kier alpha value is -2.30. The van der Waals surface area contributed by atoms with Crippen molar-refractivity contribution in [3.8, 4) is 5.75 Å². The lowest BCUT2D eigenvalue weighted by Crippen LogP contribution is -2.40. The topological polar surface area (TPSA) is 75.6 Å². The maximum Gasteiger partial charge on any atom is 0.326 e. The summed E-state index contributed by atoms with van der Waals surface area (Å²) in [5.74, 6) is -0.634. The number of hydrogen-bond acceptors (Lipinski definition) is 3. The van der Waals surface area contributed by atoms with Gasteiger partial charge < -0.3 is 15.2 Å². The van der Waals surface area contributed by atoms with Crippen LogP contribution in [0.3, 0.4) is 0 Å². The quantitative estimate of drug-likeness (QED) is 0.724. The second kappa shape index (κ2) is 8.87. The Morgan fingerprint density at radius 3 is 2.68 bits per heavy atom. The van der Waals surface area contributed by atoms with Crippen LogP contribution in [0, 0.1) is 13.8 Å². The molecule has 0 saturated heterocycles. The van der Waals surface area contributed by atoms with Gasteiger partial charge in [-0.3, -0.25) is 4.79 Å². The number of nitrogens with one attached hydrogen (secondary N) is 1. The van der Waals surface area contributed by atoms with Gasteiger partial charge in [-0.25, -0.2) is 4.79 Å². The molecule has 0 saturated carbocycles. The van der Waals surface area contributed by atoms with Crippen LogP contribution in [0.2, 0.25) is 0 Å². The number of carboxylic acids is 1. The molecule has 0 radical (unpaired) electrons. The van der Waals surface area contributed by atoms with Crippen molar-refractivity contribution in [1.82, 2.24) is 5.32 Å². The molecule has 0 spiro atoms. The Morgan fingerprint density at radius 1 is 1.36 bits per heavy atom. The van der Waals surface area contributed by atoms with E-state index < -0.39 is 12.0 Å². The third-order valence-corrected chi connectivity index (χ3v) is 3.16. The zero-order valence-electron chi connectivity index (χ0n) is 13.3. The molecule has 120 valence electrons. The van der Waals surface area contributed by atoms with Crippen LogP contribution in [0.4, 0.5) is 0 Å². The van der Waals surface area contributed by atoms with Crippen LogP contribution in [-0.2, 0) is 9.59 Å². The van der Waals surface area contributed by atoms with Crippen molar-refractivity contribution in [3.05, 3.63) is 41.5 Å². The van der Waals surface area contributed by atoms with Gasteiger partial charge in [-0.2, -0.15) is 0 Å². The fourth-order valence-corrected chi connectivity index (χ4v) is 1.98. The lowest BCUT2D eigenvalue weighted by Gasteiger charge is -2.13. The SMILES string of the molecule is C/C=C/CC(NC(=O)CCOc1ccc(C)cc1C)C(=O)O. The van der Waals surface area contributed by atoms with Gasteiger partial charge in [0.2, 0.25) is 5.91 Å². The first-order valence-electron chi connectivity index (χ1n) is 7.27. The van der Waals surface area contributed by atoms with E-state index in [1.807, 2.05) is 32.0 Å². The molecule has 1 atom stereocenters. The molecule has 0 aliphatic rings. The van der Waals surface area contributed by atoms with Crippen molar-refractivity contribution in [2.45, 2.75) is 39.7 Å². The summed E-state index contributed by atoms with van der Waals surface area (Å²) in [7, 11) is 0. The number of carboxylic acid groups (broad SMARTS) is 1. The van der Waals surface area contributed by atoms with Gasteiger partial charge in [-0.05, 0) is 38.8 Å². The van der Waals surface area contributed by atoms with Crippen LogP contribution in [0.1, 0.15) is 30.9 Å². The number of amides is 1. The molecule has 1 amide bonds. The highest BCUT2D eigenvalue weighted by molar-refractivity contribution is 5.83. The van der Waals surface area contributed by atoms with Crippen molar-refractivity contribution in [2.24, 2.45) is 0 Å². The zero-order chi connectivity index (χ0) is 16.5. The monoisotopic (exact) mass is 305 g/mol. The van der Waals surface area contributed by atoms with E-state index in [0.29, 0.717) is 0 Å². The fourth-order valence-electron chi connectivity index (χ4n) is 1.98. The number of benzene rings is 1. The Balaban J connectivity index is 2.43. The lowest BCUT2D eigenvalue weighted by molar-refractivity contribution is -0.141. The molecule has 22 heavy (non-hydrogen) atoms. The molecule has 1 rings (SSSR count). The van der Waals surface area contributed by atoms with Crippen LogP contribution < -0.4 is 10.1 Å². The second-order valence-corrected chi connectivity index (χ2v) is 5.13. The molecule has 0 aliphatic heterocycles. The van der Waals surface area contributed by atoms with E-state index in [1.54, 1.807) is 19.1 Å². The molecule has 1 unspecified atom stereocenters. The Kier molecular flexibility index (Phi) is 7.16. The Bertz CT molecular complexity index is 552. The first-order valence-corrected chi connectivity index (χ1v) is 7.27. The number of ether oxygens (including phenoxy) is 1. The molecular formula is C17H23NO4. The maximum atomic E-state index is 11.8. The number of aliphatic carboxylic acids is 1. The van der Waals surface area contributed by atoms with E-state index in [-0.39, 0.29) is 25.4 Å². The number of allylic oxidation sites excluding steroid dienone is 1. The van der Waals surface area contributed by atoms with E-state index in [1.165, 1.54) is 0 Å². The Labute approximate surface area is 131 Å². The fraction of sp³-hybridized carbons (Fsp3) is 0.412. The Morgan fingerprint density at radius 2 is 2.09 bits per heavy atom. The summed E-state index contributed by atoms with van der Waals surface area (Å²) in [6.45, 7) is 5.96. The minimum Gasteiger partial charge on any atom is -0.493 e. The van der Waals surface area contributed by atoms with E-state index in [2.05, 4.69) is 5.32 Å². The predicted octanol–water partition coefficient (Wildman–Crippen LogP) is 2.61. The van der Waals surface area contributed by atoms with Gasteiger partial charge in [0.1, 0.15) is 11.8 Å². The van der Waals surface area contributed by atoms with Gasteiger partial charge in [-0.1, -0.05) is 29.8 Å². The summed E-state index contributed by atoms with van der Waals surface area (Å²) in [6.07, 6.45) is 3.86. The third-order valence-electron chi connectivity index (χ3n) is 3.16. The van der Waals surface area contributed by atoms with Crippen molar-refractivity contribution >= 4 is 11.9 Å². The van der Waals surface area contributed by atoms with Crippen LogP contribution in [0.25, 0.3) is 0 Å². The normalized spacial score (nSPS) is 12.1. The molecule has 5 heteroatoms.